The molecule has 0 saturated heterocycles. The van der Waals surface area contributed by atoms with Gasteiger partial charge in [0.2, 0.25) is 5.88 Å². The van der Waals surface area contributed by atoms with E-state index in [1.807, 2.05) is 25.1 Å². The maximum atomic E-state index is 11.5. The van der Waals surface area contributed by atoms with Gasteiger partial charge < -0.3 is 15.1 Å². The molecule has 0 aliphatic heterocycles. The highest BCUT2D eigenvalue weighted by molar-refractivity contribution is 6.35. The van der Waals surface area contributed by atoms with Gasteiger partial charge in [-0.2, -0.15) is 0 Å². The number of halogens is 1. The Labute approximate surface area is 119 Å². The van der Waals surface area contributed by atoms with E-state index in [9.17, 15) is 9.90 Å². The topological polar surface area (TPSA) is 73.8 Å². The first-order valence-electron chi connectivity index (χ1n) is 6.21. The molecule has 6 heteroatoms. The maximum absolute atomic E-state index is 11.5. The Hall–Kier alpha value is -2.14. The number of hydrogen-bond acceptors (Lipinski definition) is 2. The van der Waals surface area contributed by atoms with Gasteiger partial charge in [0.05, 0.1) is 16.2 Å². The molecule has 20 heavy (non-hydrogen) atoms. The molecule has 0 amide bonds. The number of rotatable bonds is 2. The third kappa shape index (κ3) is 1.82. The van der Waals surface area contributed by atoms with E-state index in [4.69, 9.17) is 11.6 Å². The minimum absolute atomic E-state index is 0.0363. The van der Waals surface area contributed by atoms with Crippen LogP contribution in [0, 0.1) is 6.92 Å². The molecule has 0 aliphatic carbocycles. The number of benzene rings is 1. The molecule has 1 aromatic carbocycles. The number of aromatic amines is 2. The molecular formula is C14H14ClN3O2. The van der Waals surface area contributed by atoms with Gasteiger partial charge in [0.15, 0.2) is 0 Å². The summed E-state index contributed by atoms with van der Waals surface area (Å²) in [7, 11) is 1.52. The molecule has 3 rings (SSSR count). The first-order chi connectivity index (χ1) is 9.49. The van der Waals surface area contributed by atoms with Gasteiger partial charge in [-0.05, 0) is 18.6 Å². The Morgan fingerprint density at radius 3 is 2.75 bits per heavy atom. The molecular weight excluding hydrogens is 278 g/mol. The smallest absolute Gasteiger partial charge is 0.328 e. The maximum Gasteiger partial charge on any atom is 0.328 e. The third-order valence-corrected chi connectivity index (χ3v) is 3.92. The van der Waals surface area contributed by atoms with E-state index in [0.717, 1.165) is 22.2 Å². The van der Waals surface area contributed by atoms with E-state index in [1.165, 1.54) is 11.6 Å². The second-order valence-corrected chi connectivity index (χ2v) is 5.27. The van der Waals surface area contributed by atoms with Crippen molar-refractivity contribution in [1.29, 1.82) is 0 Å². The van der Waals surface area contributed by atoms with Gasteiger partial charge in [-0.3, -0.25) is 4.57 Å². The minimum Gasteiger partial charge on any atom is -0.493 e. The second-order valence-electron chi connectivity index (χ2n) is 4.86. The molecule has 0 radical (unpaired) electrons. The summed E-state index contributed by atoms with van der Waals surface area (Å²) >= 11 is 6.16. The van der Waals surface area contributed by atoms with E-state index >= 15 is 0 Å². The molecule has 0 spiro atoms. The Kier molecular flexibility index (Phi) is 2.87. The van der Waals surface area contributed by atoms with Crippen molar-refractivity contribution in [2.75, 3.05) is 0 Å². The highest BCUT2D eigenvalue weighted by Crippen LogP contribution is 2.30. The Morgan fingerprint density at radius 1 is 1.35 bits per heavy atom. The quantitative estimate of drug-likeness (QED) is 0.678. The second kappa shape index (κ2) is 4.45. The largest absolute Gasteiger partial charge is 0.493 e. The van der Waals surface area contributed by atoms with Crippen LogP contribution in [0.4, 0.5) is 0 Å². The normalized spacial score (nSPS) is 11.3. The number of aromatic nitrogens is 3. The first kappa shape index (κ1) is 12.9. The molecule has 0 saturated carbocycles. The summed E-state index contributed by atoms with van der Waals surface area (Å²) < 4.78 is 1.19. The zero-order chi connectivity index (χ0) is 14.4. The number of nitrogens with one attached hydrogen (secondary N) is 2. The fourth-order valence-electron chi connectivity index (χ4n) is 2.46. The van der Waals surface area contributed by atoms with Gasteiger partial charge in [-0.25, -0.2) is 4.79 Å². The van der Waals surface area contributed by atoms with Crippen LogP contribution in [-0.4, -0.2) is 19.6 Å². The highest BCUT2D eigenvalue weighted by atomic mass is 35.5. The molecule has 104 valence electrons. The fraction of sp³-hybridized carbons (Fsp3) is 0.214. The van der Waals surface area contributed by atoms with E-state index in [0.29, 0.717) is 17.1 Å². The van der Waals surface area contributed by atoms with Gasteiger partial charge in [0, 0.05) is 24.5 Å². The lowest BCUT2D eigenvalue weighted by atomic mass is 10.1. The SMILES string of the molecule is Cc1[nH]c2c(Cl)cccc2c1Cc1[nH]c(=O)n(C)c1O. The fourth-order valence-corrected chi connectivity index (χ4v) is 2.68. The monoisotopic (exact) mass is 291 g/mol. The lowest BCUT2D eigenvalue weighted by molar-refractivity contribution is 0.424. The van der Waals surface area contributed by atoms with E-state index in [1.54, 1.807) is 0 Å². The summed E-state index contributed by atoms with van der Waals surface area (Å²) in [5, 5.41) is 11.6. The predicted molar refractivity (Wildman–Crippen MR) is 78.6 cm³/mol. The Bertz CT molecular complexity index is 857. The molecule has 0 unspecified atom stereocenters. The number of H-pyrrole nitrogens is 2. The van der Waals surface area contributed by atoms with Crippen LogP contribution < -0.4 is 5.69 Å². The molecule has 0 fully saturated rings. The van der Waals surface area contributed by atoms with Gasteiger partial charge in [0.1, 0.15) is 0 Å². The summed E-state index contributed by atoms with van der Waals surface area (Å²) in [4.78, 5) is 17.4. The van der Waals surface area contributed by atoms with Crippen molar-refractivity contribution in [2.45, 2.75) is 13.3 Å². The van der Waals surface area contributed by atoms with Gasteiger partial charge in [-0.15, -0.1) is 0 Å². The standard InChI is InChI=1S/C14H14ClN3O2/c1-7-9(6-11-13(19)18(2)14(20)17-11)8-4-3-5-10(15)12(8)16-7/h3-5,16,19H,6H2,1-2H3,(H,17,20). The van der Waals surface area contributed by atoms with Crippen molar-refractivity contribution in [2.24, 2.45) is 7.05 Å². The van der Waals surface area contributed by atoms with Crippen LogP contribution in [0.15, 0.2) is 23.0 Å². The predicted octanol–water partition coefficient (Wildman–Crippen LogP) is 2.45. The van der Waals surface area contributed by atoms with Crippen LogP contribution in [0.5, 0.6) is 5.88 Å². The number of aryl methyl sites for hydroxylation is 1. The van der Waals surface area contributed by atoms with Crippen LogP contribution in [0.3, 0.4) is 0 Å². The summed E-state index contributed by atoms with van der Waals surface area (Å²) in [6.07, 6.45) is 0.439. The molecule has 0 bridgehead atoms. The van der Waals surface area contributed by atoms with Crippen molar-refractivity contribution < 1.29 is 5.11 Å². The van der Waals surface area contributed by atoms with Crippen LogP contribution in [-0.2, 0) is 13.5 Å². The molecule has 0 aliphatic rings. The average Bonchev–Trinajstić information content (AvgIpc) is 2.85. The van der Waals surface area contributed by atoms with E-state index < -0.39 is 0 Å². The number of nitrogens with zero attached hydrogens (tertiary/aromatic N) is 1. The number of aromatic hydroxyl groups is 1. The Morgan fingerprint density at radius 2 is 2.10 bits per heavy atom. The number of fused-ring (bicyclic) bond motifs is 1. The highest BCUT2D eigenvalue weighted by Gasteiger charge is 2.16. The summed E-state index contributed by atoms with van der Waals surface area (Å²) in [6.45, 7) is 1.95. The number of imidazole rings is 1. The van der Waals surface area contributed by atoms with Gasteiger partial charge in [-0.1, -0.05) is 23.7 Å². The number of hydrogen-bond donors (Lipinski definition) is 3. The summed E-state index contributed by atoms with van der Waals surface area (Å²) in [5.74, 6) is -0.0363. The van der Waals surface area contributed by atoms with Crippen molar-refractivity contribution in [3.8, 4) is 5.88 Å². The first-order valence-corrected chi connectivity index (χ1v) is 6.59. The average molecular weight is 292 g/mol. The van der Waals surface area contributed by atoms with E-state index in [-0.39, 0.29) is 11.6 Å². The molecule has 5 nitrogen and oxygen atoms in total. The lowest BCUT2D eigenvalue weighted by Gasteiger charge is -2.01. The van der Waals surface area contributed by atoms with Crippen LogP contribution in [0.2, 0.25) is 5.02 Å². The minimum atomic E-state index is -0.326. The molecule has 3 aromatic rings. The number of para-hydroxylation sites is 1. The van der Waals surface area contributed by atoms with E-state index in [2.05, 4.69) is 9.97 Å². The van der Waals surface area contributed by atoms with Crippen molar-refractivity contribution in [3.63, 3.8) is 0 Å². The zero-order valence-electron chi connectivity index (χ0n) is 11.1. The van der Waals surface area contributed by atoms with Crippen LogP contribution in [0.1, 0.15) is 17.0 Å². The lowest BCUT2D eigenvalue weighted by Crippen LogP contribution is -2.11. The van der Waals surface area contributed by atoms with Crippen molar-refractivity contribution >= 4 is 22.5 Å². The van der Waals surface area contributed by atoms with Crippen LogP contribution >= 0.6 is 11.6 Å². The Balaban J connectivity index is 2.15. The van der Waals surface area contributed by atoms with Crippen molar-refractivity contribution in [1.82, 2.24) is 14.5 Å². The van der Waals surface area contributed by atoms with Crippen molar-refractivity contribution in [3.05, 3.63) is 50.7 Å². The van der Waals surface area contributed by atoms with Gasteiger partial charge in [0.25, 0.3) is 0 Å². The summed E-state index contributed by atoms with van der Waals surface area (Å²) in [5.41, 5.74) is 3.03. The zero-order valence-corrected chi connectivity index (χ0v) is 11.9. The van der Waals surface area contributed by atoms with Gasteiger partial charge >= 0.3 is 5.69 Å². The third-order valence-electron chi connectivity index (χ3n) is 3.61. The van der Waals surface area contributed by atoms with Crippen LogP contribution in [0.25, 0.3) is 10.9 Å². The summed E-state index contributed by atoms with van der Waals surface area (Å²) in [6, 6.07) is 5.68. The molecule has 3 N–H and O–H groups in total. The molecule has 2 aromatic heterocycles. The molecule has 2 heterocycles. The molecule has 0 atom stereocenters.